The van der Waals surface area contributed by atoms with Gasteiger partial charge in [-0.2, -0.15) is 10.1 Å². The molecule has 0 bridgehead atoms. The average Bonchev–Trinajstić information content (AvgIpc) is 3.17. The molecule has 0 aliphatic carbocycles. The molecule has 4 rings (SSSR count). The lowest BCUT2D eigenvalue weighted by Crippen LogP contribution is -2.44. The van der Waals surface area contributed by atoms with Crippen molar-refractivity contribution < 1.29 is 4.79 Å². The van der Waals surface area contributed by atoms with Crippen molar-refractivity contribution in [2.45, 2.75) is 39.3 Å². The second-order valence-electron chi connectivity index (χ2n) is 7.46. The second kappa shape index (κ2) is 6.99. The smallest absolute Gasteiger partial charge is 0.232 e. The number of carbonyl (C=O) groups excluding carboxylic acids is 1. The second-order valence-corrected chi connectivity index (χ2v) is 7.46. The van der Waals surface area contributed by atoms with Gasteiger partial charge in [-0.1, -0.05) is 74.0 Å². The van der Waals surface area contributed by atoms with Gasteiger partial charge in [0.1, 0.15) is 6.33 Å². The maximum absolute atomic E-state index is 13.1. The first-order chi connectivity index (χ1) is 13.1. The number of nitrogens with zero attached hydrogens (tertiary/aromatic N) is 4. The molecule has 3 aromatic rings. The molecule has 1 amide bonds. The number of amides is 1. The molecule has 0 N–H and O–H groups in total. The Labute approximate surface area is 159 Å². The van der Waals surface area contributed by atoms with E-state index in [2.05, 4.69) is 53.4 Å². The van der Waals surface area contributed by atoms with Crippen molar-refractivity contribution >= 4 is 11.9 Å². The van der Waals surface area contributed by atoms with Crippen LogP contribution in [0.2, 0.25) is 0 Å². The minimum absolute atomic E-state index is 0.0459. The SMILES string of the molecule is Cc1ccc([C@@H]2C[C@H](c3ccccc3)N(C(=O)C(C)C)c3ncnn32)cc1. The van der Waals surface area contributed by atoms with E-state index >= 15 is 0 Å². The van der Waals surface area contributed by atoms with E-state index in [0.717, 1.165) is 12.0 Å². The average molecular weight is 360 g/mol. The van der Waals surface area contributed by atoms with Crippen LogP contribution in [0.3, 0.4) is 0 Å². The summed E-state index contributed by atoms with van der Waals surface area (Å²) in [6.07, 6.45) is 2.31. The largest absolute Gasteiger partial charge is 0.274 e. The van der Waals surface area contributed by atoms with Crippen molar-refractivity contribution in [1.29, 1.82) is 0 Å². The number of hydrogen-bond acceptors (Lipinski definition) is 3. The monoisotopic (exact) mass is 360 g/mol. The van der Waals surface area contributed by atoms with E-state index < -0.39 is 0 Å². The molecule has 0 saturated carbocycles. The fourth-order valence-corrected chi connectivity index (χ4v) is 3.75. The molecule has 2 atom stereocenters. The summed E-state index contributed by atoms with van der Waals surface area (Å²) in [5.41, 5.74) is 3.53. The van der Waals surface area contributed by atoms with Gasteiger partial charge in [0.2, 0.25) is 11.9 Å². The molecule has 27 heavy (non-hydrogen) atoms. The van der Waals surface area contributed by atoms with Crippen LogP contribution in [0, 0.1) is 12.8 Å². The number of hydrogen-bond donors (Lipinski definition) is 0. The molecule has 1 aliphatic rings. The topological polar surface area (TPSA) is 51.0 Å². The van der Waals surface area contributed by atoms with Gasteiger partial charge in [-0.05, 0) is 24.5 Å². The van der Waals surface area contributed by atoms with Crippen LogP contribution in [0.4, 0.5) is 5.95 Å². The van der Waals surface area contributed by atoms with Crippen LogP contribution in [-0.4, -0.2) is 20.7 Å². The van der Waals surface area contributed by atoms with Crippen molar-refractivity contribution in [2.75, 3.05) is 4.90 Å². The summed E-state index contributed by atoms with van der Waals surface area (Å²) in [5.74, 6) is 0.581. The molecule has 1 aliphatic heterocycles. The maximum atomic E-state index is 13.1. The number of fused-ring (bicyclic) bond motifs is 1. The Morgan fingerprint density at radius 2 is 1.67 bits per heavy atom. The number of benzene rings is 2. The third kappa shape index (κ3) is 3.14. The Kier molecular flexibility index (Phi) is 4.52. The van der Waals surface area contributed by atoms with Crippen molar-refractivity contribution in [3.05, 3.63) is 77.6 Å². The molecular formula is C22H24N4O. The van der Waals surface area contributed by atoms with E-state index in [9.17, 15) is 4.79 Å². The van der Waals surface area contributed by atoms with Crippen LogP contribution in [0.5, 0.6) is 0 Å². The van der Waals surface area contributed by atoms with Crippen molar-refractivity contribution in [3.63, 3.8) is 0 Å². The molecule has 5 nitrogen and oxygen atoms in total. The summed E-state index contributed by atoms with van der Waals surface area (Å²) in [6, 6.07) is 18.7. The Morgan fingerprint density at radius 3 is 2.33 bits per heavy atom. The third-order valence-corrected chi connectivity index (χ3v) is 5.20. The summed E-state index contributed by atoms with van der Waals surface area (Å²) in [4.78, 5) is 19.4. The van der Waals surface area contributed by atoms with E-state index in [-0.39, 0.29) is 23.9 Å². The predicted octanol–water partition coefficient (Wildman–Crippen LogP) is 4.31. The molecule has 0 radical (unpaired) electrons. The van der Waals surface area contributed by atoms with Crippen LogP contribution in [0.25, 0.3) is 0 Å². The highest BCUT2D eigenvalue weighted by molar-refractivity contribution is 5.94. The fourth-order valence-electron chi connectivity index (χ4n) is 3.75. The molecule has 138 valence electrons. The van der Waals surface area contributed by atoms with Gasteiger partial charge in [-0.3, -0.25) is 9.69 Å². The number of rotatable bonds is 3. The number of anilines is 1. The van der Waals surface area contributed by atoms with Gasteiger partial charge in [0.15, 0.2) is 0 Å². The summed E-state index contributed by atoms with van der Waals surface area (Å²) in [7, 11) is 0. The van der Waals surface area contributed by atoms with E-state index in [1.165, 1.54) is 11.1 Å². The zero-order valence-corrected chi connectivity index (χ0v) is 15.9. The van der Waals surface area contributed by atoms with Crippen LogP contribution in [-0.2, 0) is 4.79 Å². The standard InChI is InChI=1S/C22H24N4O/c1-15(2)21(27)25-19(17-7-5-4-6-8-17)13-20(26-22(25)23-14-24-26)18-11-9-16(3)10-12-18/h4-12,14-15,19-20H,13H2,1-3H3/t19-,20+/m1/s1. The van der Waals surface area contributed by atoms with E-state index in [4.69, 9.17) is 0 Å². The first kappa shape index (κ1) is 17.5. The lowest BCUT2D eigenvalue weighted by molar-refractivity contribution is -0.122. The fraction of sp³-hybridized carbons (Fsp3) is 0.318. The number of aryl methyl sites for hydroxylation is 1. The molecule has 0 saturated heterocycles. The van der Waals surface area contributed by atoms with Gasteiger partial charge >= 0.3 is 0 Å². The van der Waals surface area contributed by atoms with Crippen LogP contribution in [0.15, 0.2) is 60.9 Å². The zero-order chi connectivity index (χ0) is 19.0. The Bertz CT molecular complexity index is 930. The molecule has 0 fully saturated rings. The normalized spacial score (nSPS) is 19.2. The first-order valence-electron chi connectivity index (χ1n) is 9.40. The summed E-state index contributed by atoms with van der Waals surface area (Å²) in [5, 5.41) is 4.47. The summed E-state index contributed by atoms with van der Waals surface area (Å²) in [6.45, 7) is 5.94. The van der Waals surface area contributed by atoms with E-state index in [1.54, 1.807) is 6.33 Å². The Balaban J connectivity index is 1.84. The van der Waals surface area contributed by atoms with Gasteiger partial charge in [-0.15, -0.1) is 0 Å². The van der Waals surface area contributed by atoms with E-state index in [0.29, 0.717) is 5.95 Å². The highest BCUT2D eigenvalue weighted by atomic mass is 16.2. The van der Waals surface area contributed by atoms with Gasteiger partial charge in [0, 0.05) is 5.92 Å². The predicted molar refractivity (Wildman–Crippen MR) is 105 cm³/mol. The van der Waals surface area contributed by atoms with Crippen molar-refractivity contribution in [3.8, 4) is 0 Å². The van der Waals surface area contributed by atoms with Crippen molar-refractivity contribution in [1.82, 2.24) is 14.8 Å². The lowest BCUT2D eigenvalue weighted by atomic mass is 9.91. The quantitative estimate of drug-likeness (QED) is 0.699. The third-order valence-electron chi connectivity index (χ3n) is 5.20. The van der Waals surface area contributed by atoms with Gasteiger partial charge in [0.05, 0.1) is 12.1 Å². The molecular weight excluding hydrogens is 336 g/mol. The summed E-state index contributed by atoms with van der Waals surface area (Å²) >= 11 is 0. The highest BCUT2D eigenvalue weighted by Gasteiger charge is 2.39. The lowest BCUT2D eigenvalue weighted by Gasteiger charge is -2.39. The molecule has 0 spiro atoms. The maximum Gasteiger partial charge on any atom is 0.232 e. The van der Waals surface area contributed by atoms with Gasteiger partial charge in [-0.25, -0.2) is 4.68 Å². The minimum Gasteiger partial charge on any atom is -0.274 e. The first-order valence-corrected chi connectivity index (χ1v) is 9.40. The minimum atomic E-state index is -0.114. The van der Waals surface area contributed by atoms with Crippen LogP contribution < -0.4 is 4.90 Å². The van der Waals surface area contributed by atoms with Crippen LogP contribution in [0.1, 0.15) is 49.0 Å². The number of carbonyl (C=O) groups is 1. The number of aromatic nitrogens is 3. The molecule has 0 unspecified atom stereocenters. The van der Waals surface area contributed by atoms with Gasteiger partial charge < -0.3 is 0 Å². The van der Waals surface area contributed by atoms with E-state index in [1.807, 2.05) is 41.6 Å². The molecule has 2 heterocycles. The zero-order valence-electron chi connectivity index (χ0n) is 15.9. The Hall–Kier alpha value is -2.95. The van der Waals surface area contributed by atoms with Crippen LogP contribution >= 0.6 is 0 Å². The molecule has 5 heteroatoms. The van der Waals surface area contributed by atoms with Gasteiger partial charge in [0.25, 0.3) is 0 Å². The Morgan fingerprint density at radius 1 is 1.00 bits per heavy atom. The highest BCUT2D eigenvalue weighted by Crippen LogP contribution is 2.42. The molecule has 1 aromatic heterocycles. The summed E-state index contributed by atoms with van der Waals surface area (Å²) < 4.78 is 1.89. The molecule has 2 aromatic carbocycles. The van der Waals surface area contributed by atoms with Crippen molar-refractivity contribution in [2.24, 2.45) is 5.92 Å².